The van der Waals surface area contributed by atoms with E-state index in [0.717, 1.165) is 26.1 Å². The average molecular weight is 326 g/mol. The van der Waals surface area contributed by atoms with E-state index in [9.17, 15) is 4.79 Å². The number of carbonyl (C=O) groups is 1. The highest BCUT2D eigenvalue weighted by molar-refractivity contribution is 6.31. The number of hydrogen-bond acceptors (Lipinski definition) is 4. The predicted octanol–water partition coefficient (Wildman–Crippen LogP) is 2.75. The van der Waals surface area contributed by atoms with Crippen LogP contribution in [-0.2, 0) is 9.53 Å². The molecule has 0 aliphatic carbocycles. The lowest BCUT2D eigenvalue weighted by atomic mass is 10.2. The van der Waals surface area contributed by atoms with E-state index in [1.54, 1.807) is 18.2 Å². The van der Waals surface area contributed by atoms with Gasteiger partial charge in [0.05, 0.1) is 23.6 Å². The molecule has 0 saturated carbocycles. The molecule has 1 heterocycles. The summed E-state index contributed by atoms with van der Waals surface area (Å²) in [5.74, 6) is -0.0386. The van der Waals surface area contributed by atoms with E-state index < -0.39 is 0 Å². The van der Waals surface area contributed by atoms with E-state index in [2.05, 4.69) is 24.1 Å². The van der Waals surface area contributed by atoms with E-state index in [1.807, 2.05) is 0 Å². The molecule has 22 heavy (non-hydrogen) atoms. The van der Waals surface area contributed by atoms with E-state index in [4.69, 9.17) is 22.1 Å². The quantitative estimate of drug-likeness (QED) is 0.817. The Hall–Kier alpha value is -1.30. The van der Waals surface area contributed by atoms with Crippen molar-refractivity contribution in [1.82, 2.24) is 4.90 Å². The van der Waals surface area contributed by atoms with Gasteiger partial charge in [-0.25, -0.2) is 0 Å². The van der Waals surface area contributed by atoms with E-state index in [1.165, 1.54) is 0 Å². The molecule has 1 aliphatic rings. The standard InChI is InChI=1S/C16H24ClN3O2/c1-11-9-20(10-12(2)22-11)7-3-4-16(21)19-15-8-13(17)5-6-14(15)18/h5-6,8,11-12H,3-4,7,9-10,18H2,1-2H3,(H,19,21). The van der Waals surface area contributed by atoms with Crippen LogP contribution in [0.4, 0.5) is 11.4 Å². The predicted molar refractivity (Wildman–Crippen MR) is 90.2 cm³/mol. The Labute approximate surface area is 136 Å². The summed E-state index contributed by atoms with van der Waals surface area (Å²) < 4.78 is 5.70. The molecule has 2 atom stereocenters. The summed E-state index contributed by atoms with van der Waals surface area (Å²) >= 11 is 5.91. The van der Waals surface area contributed by atoms with E-state index >= 15 is 0 Å². The summed E-state index contributed by atoms with van der Waals surface area (Å²) in [6, 6.07) is 5.06. The monoisotopic (exact) mass is 325 g/mol. The van der Waals surface area contributed by atoms with Gasteiger partial charge in [0.2, 0.25) is 5.91 Å². The Morgan fingerprint density at radius 3 is 2.77 bits per heavy atom. The highest BCUT2D eigenvalue weighted by atomic mass is 35.5. The Morgan fingerprint density at radius 1 is 1.41 bits per heavy atom. The van der Waals surface area contributed by atoms with Crippen LogP contribution < -0.4 is 11.1 Å². The third kappa shape index (κ3) is 5.16. The van der Waals surface area contributed by atoms with Gasteiger partial charge in [0, 0.05) is 24.5 Å². The lowest BCUT2D eigenvalue weighted by Crippen LogP contribution is -2.45. The van der Waals surface area contributed by atoms with Crippen LogP contribution in [0.2, 0.25) is 5.02 Å². The lowest BCUT2D eigenvalue weighted by molar-refractivity contribution is -0.116. The van der Waals surface area contributed by atoms with Crippen molar-refractivity contribution in [3.8, 4) is 0 Å². The zero-order valence-corrected chi connectivity index (χ0v) is 13.9. The van der Waals surface area contributed by atoms with Crippen LogP contribution in [-0.4, -0.2) is 42.6 Å². The Kier molecular flexibility index (Phi) is 6.06. The molecule has 1 amide bonds. The number of hydrogen-bond donors (Lipinski definition) is 2. The number of nitrogens with one attached hydrogen (secondary N) is 1. The van der Waals surface area contributed by atoms with Gasteiger partial charge in [-0.1, -0.05) is 11.6 Å². The minimum atomic E-state index is -0.0386. The largest absolute Gasteiger partial charge is 0.397 e. The minimum absolute atomic E-state index is 0.0386. The fourth-order valence-electron chi connectivity index (χ4n) is 2.78. The number of anilines is 2. The second kappa shape index (κ2) is 7.81. The molecule has 1 aromatic rings. The van der Waals surface area contributed by atoms with E-state index in [0.29, 0.717) is 22.8 Å². The molecule has 3 N–H and O–H groups in total. The zero-order chi connectivity index (χ0) is 16.1. The van der Waals surface area contributed by atoms with Gasteiger partial charge in [-0.2, -0.15) is 0 Å². The fraction of sp³-hybridized carbons (Fsp3) is 0.562. The molecule has 1 aromatic carbocycles. The van der Waals surface area contributed by atoms with Crippen molar-refractivity contribution < 1.29 is 9.53 Å². The second-order valence-electron chi connectivity index (χ2n) is 5.90. The van der Waals surface area contributed by atoms with Gasteiger partial charge in [0.25, 0.3) is 0 Å². The number of ether oxygens (including phenoxy) is 1. The van der Waals surface area contributed by atoms with Crippen molar-refractivity contribution in [2.75, 3.05) is 30.7 Å². The van der Waals surface area contributed by atoms with Gasteiger partial charge in [-0.05, 0) is 45.0 Å². The first-order valence-corrected chi connectivity index (χ1v) is 8.04. The third-order valence-electron chi connectivity index (χ3n) is 3.66. The van der Waals surface area contributed by atoms with Crippen LogP contribution in [0, 0.1) is 0 Å². The van der Waals surface area contributed by atoms with Crippen molar-refractivity contribution >= 4 is 28.9 Å². The molecule has 0 radical (unpaired) electrons. The molecule has 5 nitrogen and oxygen atoms in total. The highest BCUT2D eigenvalue weighted by Gasteiger charge is 2.21. The van der Waals surface area contributed by atoms with Crippen LogP contribution in [0.1, 0.15) is 26.7 Å². The van der Waals surface area contributed by atoms with Crippen molar-refractivity contribution in [2.45, 2.75) is 38.9 Å². The number of benzene rings is 1. The minimum Gasteiger partial charge on any atom is -0.397 e. The van der Waals surface area contributed by atoms with Crippen molar-refractivity contribution in [3.63, 3.8) is 0 Å². The SMILES string of the molecule is CC1CN(CCCC(=O)Nc2cc(Cl)ccc2N)CC(C)O1. The molecule has 1 aliphatic heterocycles. The summed E-state index contributed by atoms with van der Waals surface area (Å²) in [5, 5.41) is 3.37. The molecular formula is C16H24ClN3O2. The Bertz CT molecular complexity index is 514. The van der Waals surface area contributed by atoms with Crippen LogP contribution >= 0.6 is 11.6 Å². The first kappa shape index (κ1) is 17.1. The van der Waals surface area contributed by atoms with Crippen LogP contribution in [0.15, 0.2) is 18.2 Å². The number of nitrogens with zero attached hydrogens (tertiary/aromatic N) is 1. The molecule has 1 saturated heterocycles. The molecule has 0 aromatic heterocycles. The van der Waals surface area contributed by atoms with Crippen molar-refractivity contribution in [1.29, 1.82) is 0 Å². The molecule has 0 bridgehead atoms. The summed E-state index contributed by atoms with van der Waals surface area (Å²) in [4.78, 5) is 14.3. The Morgan fingerprint density at radius 2 is 2.09 bits per heavy atom. The van der Waals surface area contributed by atoms with Gasteiger partial charge >= 0.3 is 0 Å². The molecule has 122 valence electrons. The second-order valence-corrected chi connectivity index (χ2v) is 6.34. The normalized spacial score (nSPS) is 22.5. The molecule has 6 heteroatoms. The van der Waals surface area contributed by atoms with E-state index in [-0.39, 0.29) is 18.1 Å². The fourth-order valence-corrected chi connectivity index (χ4v) is 2.95. The first-order chi connectivity index (χ1) is 10.4. The maximum atomic E-state index is 12.0. The van der Waals surface area contributed by atoms with Gasteiger partial charge in [0.15, 0.2) is 0 Å². The summed E-state index contributed by atoms with van der Waals surface area (Å²) in [6.07, 6.45) is 1.78. The van der Waals surface area contributed by atoms with Gasteiger partial charge in [0.1, 0.15) is 0 Å². The number of amides is 1. The number of halogens is 1. The summed E-state index contributed by atoms with van der Waals surface area (Å²) in [7, 11) is 0. The van der Waals surface area contributed by atoms with Gasteiger partial charge in [-0.15, -0.1) is 0 Å². The maximum Gasteiger partial charge on any atom is 0.224 e. The number of nitrogens with two attached hydrogens (primary N) is 1. The van der Waals surface area contributed by atoms with Crippen LogP contribution in [0.25, 0.3) is 0 Å². The number of morpholine rings is 1. The average Bonchev–Trinajstić information content (AvgIpc) is 2.42. The van der Waals surface area contributed by atoms with Gasteiger partial charge < -0.3 is 15.8 Å². The van der Waals surface area contributed by atoms with Crippen LogP contribution in [0.5, 0.6) is 0 Å². The smallest absolute Gasteiger partial charge is 0.224 e. The highest BCUT2D eigenvalue weighted by Crippen LogP contribution is 2.23. The number of nitrogen functional groups attached to an aromatic ring is 1. The van der Waals surface area contributed by atoms with Crippen LogP contribution in [0.3, 0.4) is 0 Å². The maximum absolute atomic E-state index is 12.0. The van der Waals surface area contributed by atoms with Gasteiger partial charge in [-0.3, -0.25) is 9.69 Å². The Balaban J connectivity index is 1.75. The summed E-state index contributed by atoms with van der Waals surface area (Å²) in [5.41, 5.74) is 6.92. The molecular weight excluding hydrogens is 302 g/mol. The number of carbonyl (C=O) groups excluding carboxylic acids is 1. The topological polar surface area (TPSA) is 67.6 Å². The zero-order valence-electron chi connectivity index (χ0n) is 13.1. The van der Waals surface area contributed by atoms with Crippen molar-refractivity contribution in [3.05, 3.63) is 23.2 Å². The lowest BCUT2D eigenvalue weighted by Gasteiger charge is -2.35. The van der Waals surface area contributed by atoms with Crippen molar-refractivity contribution in [2.24, 2.45) is 0 Å². The third-order valence-corrected chi connectivity index (χ3v) is 3.90. The molecule has 1 fully saturated rings. The molecule has 2 unspecified atom stereocenters. The number of rotatable bonds is 5. The molecule has 0 spiro atoms. The summed E-state index contributed by atoms with van der Waals surface area (Å²) in [6.45, 7) is 6.91. The molecule has 2 rings (SSSR count). The first-order valence-electron chi connectivity index (χ1n) is 7.66.